The summed E-state index contributed by atoms with van der Waals surface area (Å²) >= 11 is 0. The molecule has 0 amide bonds. The highest BCUT2D eigenvalue weighted by atomic mass is 14.8. The van der Waals surface area contributed by atoms with E-state index in [2.05, 4.69) is 58.0 Å². The van der Waals surface area contributed by atoms with Gasteiger partial charge in [-0.25, -0.2) is 0 Å². The molecule has 19 heavy (non-hydrogen) atoms. The summed E-state index contributed by atoms with van der Waals surface area (Å²) in [4.78, 5) is 4.81. The Balaban J connectivity index is 2.66. The largest absolute Gasteiger partial charge is 0.263 e. The van der Waals surface area contributed by atoms with Crippen LogP contribution in [0.3, 0.4) is 0 Å². The van der Waals surface area contributed by atoms with Gasteiger partial charge in [0.2, 0.25) is 0 Å². The van der Waals surface area contributed by atoms with Crippen LogP contribution in [0.1, 0.15) is 57.6 Å². The molecule has 1 heteroatoms. The van der Waals surface area contributed by atoms with E-state index in [0.717, 1.165) is 25.7 Å². The second kappa shape index (κ2) is 8.68. The predicted octanol–water partition coefficient (Wildman–Crippen LogP) is 5.48. The first-order valence-electron chi connectivity index (χ1n) is 7.46. The van der Waals surface area contributed by atoms with Crippen molar-refractivity contribution in [2.75, 3.05) is 0 Å². The lowest BCUT2D eigenvalue weighted by molar-refractivity contribution is 0.918. The van der Waals surface area contributed by atoms with E-state index in [-0.39, 0.29) is 0 Å². The molecule has 0 radical (unpaired) electrons. The van der Waals surface area contributed by atoms with Gasteiger partial charge < -0.3 is 0 Å². The first kappa shape index (κ1) is 15.7. The summed E-state index contributed by atoms with van der Waals surface area (Å²) < 4.78 is 0. The molecule has 0 spiro atoms. The zero-order chi connectivity index (χ0) is 14.1. The average Bonchev–Trinajstić information content (AvgIpc) is 2.43. The fourth-order valence-corrected chi connectivity index (χ4v) is 2.12. The van der Waals surface area contributed by atoms with E-state index in [0.29, 0.717) is 0 Å². The van der Waals surface area contributed by atoms with Gasteiger partial charge in [-0.2, -0.15) is 0 Å². The lowest BCUT2D eigenvalue weighted by Crippen LogP contribution is -2.01. The van der Waals surface area contributed by atoms with E-state index in [9.17, 15) is 0 Å². The van der Waals surface area contributed by atoms with E-state index in [1.165, 1.54) is 29.0 Å². The van der Waals surface area contributed by atoms with Crippen LogP contribution in [0.5, 0.6) is 0 Å². The summed E-state index contributed by atoms with van der Waals surface area (Å²) in [5.41, 5.74) is 5.30. The number of allylic oxidation sites excluding steroid dienone is 2. The van der Waals surface area contributed by atoms with Crippen LogP contribution in [0.4, 0.5) is 0 Å². The van der Waals surface area contributed by atoms with Crippen molar-refractivity contribution in [2.45, 2.75) is 59.8 Å². The number of nitrogens with zero attached hydrogens (tertiary/aromatic N) is 1. The molecule has 0 N–H and O–H groups in total. The highest BCUT2D eigenvalue weighted by molar-refractivity contribution is 5.85. The second-order valence-electron chi connectivity index (χ2n) is 5.05. The van der Waals surface area contributed by atoms with Gasteiger partial charge in [-0.3, -0.25) is 4.99 Å². The molecule has 0 saturated heterocycles. The molecule has 0 atom stereocenters. The lowest BCUT2D eigenvalue weighted by atomic mass is 10.0. The quantitative estimate of drug-likeness (QED) is 0.573. The van der Waals surface area contributed by atoms with Crippen molar-refractivity contribution >= 4 is 5.71 Å². The number of aryl methyl sites for hydroxylation is 2. The molecule has 0 aliphatic heterocycles. The standard InChI is InChI=1S/C18H27N/c1-5-8-18(19-17(6-2)7-3)14-13-16-11-9-15(4)10-12-16/h6,9-12H,5,7-8,13-14H2,1-4H3/b17-6-,19-18+. The van der Waals surface area contributed by atoms with Crippen LogP contribution in [-0.4, -0.2) is 5.71 Å². The van der Waals surface area contributed by atoms with Crippen LogP contribution in [0.2, 0.25) is 0 Å². The van der Waals surface area contributed by atoms with Crippen LogP contribution in [0.15, 0.2) is 41.0 Å². The average molecular weight is 257 g/mol. The summed E-state index contributed by atoms with van der Waals surface area (Å²) in [6.45, 7) is 8.60. The molecule has 1 rings (SSSR count). The molecule has 0 saturated carbocycles. The van der Waals surface area contributed by atoms with Gasteiger partial charge in [-0.15, -0.1) is 0 Å². The molecule has 1 nitrogen and oxygen atoms in total. The van der Waals surface area contributed by atoms with Crippen LogP contribution in [0, 0.1) is 6.92 Å². The molecule has 0 bridgehead atoms. The van der Waals surface area contributed by atoms with Crippen molar-refractivity contribution in [2.24, 2.45) is 4.99 Å². The maximum atomic E-state index is 4.81. The monoisotopic (exact) mass is 257 g/mol. The fraction of sp³-hybridized carbons (Fsp3) is 0.500. The molecule has 0 aromatic heterocycles. The Bertz CT molecular complexity index is 424. The third kappa shape index (κ3) is 5.87. The molecule has 0 unspecified atom stereocenters. The third-order valence-electron chi connectivity index (χ3n) is 3.36. The van der Waals surface area contributed by atoms with Crippen LogP contribution < -0.4 is 0 Å². The number of hydrogen-bond donors (Lipinski definition) is 0. The second-order valence-corrected chi connectivity index (χ2v) is 5.05. The summed E-state index contributed by atoms with van der Waals surface area (Å²) in [5, 5.41) is 0. The first-order chi connectivity index (χ1) is 9.19. The lowest BCUT2D eigenvalue weighted by Gasteiger charge is -2.07. The molecular formula is C18H27N. The van der Waals surface area contributed by atoms with Gasteiger partial charge >= 0.3 is 0 Å². The zero-order valence-electron chi connectivity index (χ0n) is 12.9. The number of hydrogen-bond acceptors (Lipinski definition) is 1. The maximum Gasteiger partial charge on any atom is 0.0357 e. The van der Waals surface area contributed by atoms with Crippen LogP contribution in [0.25, 0.3) is 0 Å². The molecule has 0 aliphatic rings. The summed E-state index contributed by atoms with van der Waals surface area (Å²) in [6, 6.07) is 8.84. The maximum absolute atomic E-state index is 4.81. The minimum Gasteiger partial charge on any atom is -0.263 e. The Morgan fingerprint density at radius 3 is 2.32 bits per heavy atom. The van der Waals surface area contributed by atoms with Gasteiger partial charge in [0, 0.05) is 11.4 Å². The van der Waals surface area contributed by atoms with Crippen LogP contribution in [-0.2, 0) is 6.42 Å². The van der Waals surface area contributed by atoms with Crippen molar-refractivity contribution in [3.63, 3.8) is 0 Å². The van der Waals surface area contributed by atoms with Gasteiger partial charge in [0.05, 0.1) is 0 Å². The molecule has 104 valence electrons. The van der Waals surface area contributed by atoms with E-state index < -0.39 is 0 Å². The fourth-order valence-electron chi connectivity index (χ4n) is 2.12. The van der Waals surface area contributed by atoms with Crippen molar-refractivity contribution in [1.29, 1.82) is 0 Å². The molecule has 0 aliphatic carbocycles. The minimum absolute atomic E-state index is 1.02. The molecule has 1 aromatic rings. The van der Waals surface area contributed by atoms with Crippen molar-refractivity contribution in [3.05, 3.63) is 47.2 Å². The Morgan fingerprint density at radius 1 is 1.11 bits per heavy atom. The zero-order valence-corrected chi connectivity index (χ0v) is 12.9. The SMILES string of the molecule is C/C=C(CC)\N=C(/CCC)CCc1ccc(C)cc1. The molecule has 0 heterocycles. The molecular weight excluding hydrogens is 230 g/mol. The van der Waals surface area contributed by atoms with Gasteiger partial charge in [0.15, 0.2) is 0 Å². The van der Waals surface area contributed by atoms with E-state index in [1.54, 1.807) is 0 Å². The van der Waals surface area contributed by atoms with Crippen LogP contribution >= 0.6 is 0 Å². The minimum atomic E-state index is 1.02. The smallest absolute Gasteiger partial charge is 0.0357 e. The van der Waals surface area contributed by atoms with E-state index in [4.69, 9.17) is 4.99 Å². The van der Waals surface area contributed by atoms with Gasteiger partial charge in [-0.05, 0) is 45.1 Å². The number of rotatable bonds is 7. The number of aliphatic imine (C=N–C) groups is 1. The van der Waals surface area contributed by atoms with Gasteiger partial charge in [0.1, 0.15) is 0 Å². The molecule has 0 fully saturated rings. The predicted molar refractivity (Wildman–Crippen MR) is 85.9 cm³/mol. The Kier molecular flexibility index (Phi) is 7.17. The summed E-state index contributed by atoms with van der Waals surface area (Å²) in [6.07, 6.45) is 7.61. The van der Waals surface area contributed by atoms with Crippen molar-refractivity contribution in [3.8, 4) is 0 Å². The molecule has 1 aromatic carbocycles. The first-order valence-corrected chi connectivity index (χ1v) is 7.46. The Morgan fingerprint density at radius 2 is 1.79 bits per heavy atom. The van der Waals surface area contributed by atoms with Gasteiger partial charge in [0.25, 0.3) is 0 Å². The normalized spacial score (nSPS) is 12.8. The Labute approximate surface area is 118 Å². The highest BCUT2D eigenvalue weighted by Gasteiger charge is 2.01. The highest BCUT2D eigenvalue weighted by Crippen LogP contribution is 2.11. The van der Waals surface area contributed by atoms with Gasteiger partial charge in [-0.1, -0.05) is 56.2 Å². The van der Waals surface area contributed by atoms with Crippen molar-refractivity contribution in [1.82, 2.24) is 0 Å². The van der Waals surface area contributed by atoms with Crippen molar-refractivity contribution < 1.29 is 0 Å². The Hall–Kier alpha value is -1.37. The topological polar surface area (TPSA) is 12.4 Å². The summed E-state index contributed by atoms with van der Waals surface area (Å²) in [7, 11) is 0. The van der Waals surface area contributed by atoms with E-state index >= 15 is 0 Å². The summed E-state index contributed by atoms with van der Waals surface area (Å²) in [5.74, 6) is 0. The number of benzene rings is 1. The third-order valence-corrected chi connectivity index (χ3v) is 3.36. The van der Waals surface area contributed by atoms with E-state index in [1.807, 2.05) is 0 Å².